The molecule has 0 aromatic heterocycles. The molecular formula is C17H23NO3. The molecule has 1 fully saturated rings. The summed E-state index contributed by atoms with van der Waals surface area (Å²) in [7, 11) is 0. The van der Waals surface area contributed by atoms with Gasteiger partial charge in [0.1, 0.15) is 0 Å². The smallest absolute Gasteiger partial charge is 0.251 e. The number of fused-ring (bicyclic) bond motifs is 1. The van der Waals surface area contributed by atoms with E-state index in [1.165, 1.54) is 12.8 Å². The van der Waals surface area contributed by atoms with Gasteiger partial charge in [0.2, 0.25) is 0 Å². The van der Waals surface area contributed by atoms with Gasteiger partial charge in [0.25, 0.3) is 5.91 Å². The second-order valence-electron chi connectivity index (χ2n) is 6.40. The summed E-state index contributed by atoms with van der Waals surface area (Å²) in [5, 5.41) is 3.01. The summed E-state index contributed by atoms with van der Waals surface area (Å²) in [4.78, 5) is 12.2. The molecule has 1 N–H and O–H groups in total. The molecule has 21 heavy (non-hydrogen) atoms. The van der Waals surface area contributed by atoms with Crippen molar-refractivity contribution in [2.75, 3.05) is 13.2 Å². The van der Waals surface area contributed by atoms with E-state index in [0.717, 1.165) is 25.2 Å². The van der Waals surface area contributed by atoms with Gasteiger partial charge in [0.05, 0.1) is 13.2 Å². The summed E-state index contributed by atoms with van der Waals surface area (Å²) in [5.74, 6) is 1.39. The summed E-state index contributed by atoms with van der Waals surface area (Å²) >= 11 is 0. The number of ether oxygens (including phenoxy) is 2. The Morgan fingerprint density at radius 2 is 2.00 bits per heavy atom. The molecule has 0 bridgehead atoms. The van der Waals surface area contributed by atoms with Crippen molar-refractivity contribution in [3.63, 3.8) is 0 Å². The molecule has 2 aliphatic rings. The Balaban J connectivity index is 1.71. The first kappa shape index (κ1) is 14.2. The topological polar surface area (TPSA) is 47.6 Å². The van der Waals surface area contributed by atoms with E-state index >= 15 is 0 Å². The molecule has 1 atom stereocenters. The fourth-order valence-corrected chi connectivity index (χ4v) is 2.66. The van der Waals surface area contributed by atoms with Crippen LogP contribution in [0.1, 0.15) is 49.9 Å². The average Bonchev–Trinajstić information content (AvgIpc) is 3.26. The maximum atomic E-state index is 12.2. The van der Waals surface area contributed by atoms with Crippen LogP contribution in [0.25, 0.3) is 0 Å². The normalized spacial score (nSPS) is 19.7. The predicted octanol–water partition coefficient (Wildman–Crippen LogP) is 3.16. The second kappa shape index (κ2) is 5.58. The summed E-state index contributed by atoms with van der Waals surface area (Å²) in [6, 6.07) is 5.63. The average molecular weight is 289 g/mol. The first-order valence-electron chi connectivity index (χ1n) is 7.82. The van der Waals surface area contributed by atoms with E-state index in [-0.39, 0.29) is 17.4 Å². The zero-order chi connectivity index (χ0) is 14.9. The zero-order valence-electron chi connectivity index (χ0n) is 12.8. The minimum Gasteiger partial charge on any atom is -0.489 e. The Hall–Kier alpha value is -1.71. The summed E-state index contributed by atoms with van der Waals surface area (Å²) in [6.07, 6.45) is 4.38. The molecule has 1 saturated carbocycles. The van der Waals surface area contributed by atoms with Gasteiger partial charge in [-0.2, -0.15) is 0 Å². The number of hydrogen-bond acceptors (Lipinski definition) is 3. The molecule has 1 aliphatic carbocycles. The minimum absolute atomic E-state index is 0.0484. The van der Waals surface area contributed by atoms with Crippen LogP contribution in [-0.2, 0) is 0 Å². The van der Waals surface area contributed by atoms with E-state index in [1.54, 1.807) is 12.1 Å². The number of carbonyl (C=O) groups is 1. The highest BCUT2D eigenvalue weighted by molar-refractivity contribution is 5.95. The van der Waals surface area contributed by atoms with E-state index < -0.39 is 0 Å². The molecule has 0 saturated heterocycles. The van der Waals surface area contributed by atoms with E-state index in [2.05, 4.69) is 12.2 Å². The Bertz CT molecular complexity index is 537. The van der Waals surface area contributed by atoms with Crippen molar-refractivity contribution in [2.24, 2.45) is 5.41 Å². The Morgan fingerprint density at radius 3 is 2.67 bits per heavy atom. The molecule has 0 unspecified atom stereocenters. The molecule has 1 aliphatic heterocycles. The molecule has 4 heteroatoms. The zero-order valence-corrected chi connectivity index (χ0v) is 12.8. The van der Waals surface area contributed by atoms with E-state index in [1.807, 2.05) is 13.0 Å². The quantitative estimate of drug-likeness (QED) is 0.926. The van der Waals surface area contributed by atoms with Gasteiger partial charge < -0.3 is 14.8 Å². The lowest BCUT2D eigenvalue weighted by atomic mass is 10.1. The van der Waals surface area contributed by atoms with Gasteiger partial charge in [-0.1, -0.05) is 13.3 Å². The number of carbonyl (C=O) groups excluding carboxylic acids is 1. The Kier molecular flexibility index (Phi) is 3.79. The third-order valence-electron chi connectivity index (χ3n) is 4.33. The lowest BCUT2D eigenvalue weighted by Gasteiger charge is -2.14. The number of rotatable bonds is 4. The van der Waals surface area contributed by atoms with Crippen molar-refractivity contribution in [1.29, 1.82) is 0 Å². The summed E-state index contributed by atoms with van der Waals surface area (Å²) in [6.45, 7) is 5.56. The SMILES string of the molecule is CCC[C@H](C)NC(=O)c1ccc2c(c1)OCC1(CC1)CO2. The Morgan fingerprint density at radius 1 is 1.29 bits per heavy atom. The summed E-state index contributed by atoms with van der Waals surface area (Å²) < 4.78 is 11.7. The van der Waals surface area contributed by atoms with Crippen molar-refractivity contribution in [2.45, 2.75) is 45.6 Å². The molecule has 114 valence electrons. The minimum atomic E-state index is -0.0484. The fraction of sp³-hybridized carbons (Fsp3) is 0.588. The second-order valence-corrected chi connectivity index (χ2v) is 6.40. The third-order valence-corrected chi connectivity index (χ3v) is 4.33. The van der Waals surface area contributed by atoms with Crippen LogP contribution in [0, 0.1) is 5.41 Å². The summed E-state index contributed by atoms with van der Waals surface area (Å²) in [5.41, 5.74) is 0.851. The van der Waals surface area contributed by atoms with Crippen molar-refractivity contribution in [1.82, 2.24) is 5.32 Å². The molecule has 1 aromatic carbocycles. The van der Waals surface area contributed by atoms with Crippen LogP contribution in [0.4, 0.5) is 0 Å². The van der Waals surface area contributed by atoms with Crippen LogP contribution in [0.3, 0.4) is 0 Å². The highest BCUT2D eigenvalue weighted by atomic mass is 16.5. The first-order chi connectivity index (χ1) is 10.1. The van der Waals surface area contributed by atoms with Gasteiger partial charge in [-0.25, -0.2) is 0 Å². The molecule has 1 amide bonds. The standard InChI is InChI=1S/C17H23NO3/c1-3-4-12(2)18-16(19)13-5-6-14-15(9-13)21-11-17(7-8-17)10-20-14/h5-6,9,12H,3-4,7-8,10-11H2,1-2H3,(H,18,19)/t12-/m0/s1. The van der Waals surface area contributed by atoms with Gasteiger partial charge in [-0.3, -0.25) is 4.79 Å². The van der Waals surface area contributed by atoms with Gasteiger partial charge in [-0.15, -0.1) is 0 Å². The van der Waals surface area contributed by atoms with E-state index in [9.17, 15) is 4.79 Å². The molecule has 1 aromatic rings. The number of benzene rings is 1. The van der Waals surface area contributed by atoms with Crippen molar-refractivity contribution in [3.05, 3.63) is 23.8 Å². The van der Waals surface area contributed by atoms with Crippen LogP contribution >= 0.6 is 0 Å². The van der Waals surface area contributed by atoms with Gasteiger partial charge in [0, 0.05) is 17.0 Å². The molecule has 4 nitrogen and oxygen atoms in total. The molecule has 0 radical (unpaired) electrons. The predicted molar refractivity (Wildman–Crippen MR) is 80.9 cm³/mol. The molecular weight excluding hydrogens is 266 g/mol. The van der Waals surface area contributed by atoms with E-state index in [4.69, 9.17) is 9.47 Å². The van der Waals surface area contributed by atoms with Crippen LogP contribution in [0.2, 0.25) is 0 Å². The molecule has 1 heterocycles. The van der Waals surface area contributed by atoms with Gasteiger partial charge >= 0.3 is 0 Å². The largest absolute Gasteiger partial charge is 0.489 e. The lowest BCUT2D eigenvalue weighted by Crippen LogP contribution is -2.32. The maximum absolute atomic E-state index is 12.2. The first-order valence-corrected chi connectivity index (χ1v) is 7.82. The van der Waals surface area contributed by atoms with Crippen molar-refractivity contribution >= 4 is 5.91 Å². The van der Waals surface area contributed by atoms with Gasteiger partial charge in [0.15, 0.2) is 11.5 Å². The van der Waals surface area contributed by atoms with Crippen molar-refractivity contribution in [3.8, 4) is 11.5 Å². The monoisotopic (exact) mass is 289 g/mol. The lowest BCUT2D eigenvalue weighted by molar-refractivity contribution is 0.0938. The highest BCUT2D eigenvalue weighted by Gasteiger charge is 2.46. The molecule has 3 rings (SSSR count). The number of hydrogen-bond donors (Lipinski definition) is 1. The van der Waals surface area contributed by atoms with Crippen LogP contribution < -0.4 is 14.8 Å². The number of amides is 1. The molecule has 1 spiro atoms. The highest BCUT2D eigenvalue weighted by Crippen LogP contribution is 2.49. The fourth-order valence-electron chi connectivity index (χ4n) is 2.66. The van der Waals surface area contributed by atoms with Crippen LogP contribution in [0.15, 0.2) is 18.2 Å². The third kappa shape index (κ3) is 3.14. The Labute approximate surface area is 125 Å². The van der Waals surface area contributed by atoms with E-state index in [0.29, 0.717) is 17.9 Å². The van der Waals surface area contributed by atoms with Crippen LogP contribution in [0.5, 0.6) is 11.5 Å². The van der Waals surface area contributed by atoms with Gasteiger partial charge in [-0.05, 0) is 44.4 Å². The van der Waals surface area contributed by atoms with Crippen LogP contribution in [-0.4, -0.2) is 25.2 Å². The van der Waals surface area contributed by atoms with Crippen molar-refractivity contribution < 1.29 is 14.3 Å². The number of nitrogens with one attached hydrogen (secondary N) is 1. The maximum Gasteiger partial charge on any atom is 0.251 e.